The maximum atomic E-state index is 13.9. The van der Waals surface area contributed by atoms with E-state index in [2.05, 4.69) is 36.4 Å². The van der Waals surface area contributed by atoms with Gasteiger partial charge < -0.3 is 13.6 Å². The fourth-order valence-corrected chi connectivity index (χ4v) is 5.46. The molecule has 6 rings (SSSR count). The molecule has 4 nitrogen and oxygen atoms in total. The van der Waals surface area contributed by atoms with Crippen molar-refractivity contribution in [3.8, 4) is 17.2 Å². The molecule has 0 fully saturated rings. The summed E-state index contributed by atoms with van der Waals surface area (Å²) in [7, 11) is -4.08. The van der Waals surface area contributed by atoms with Crippen LogP contribution < -0.4 is 13.6 Å². The fraction of sp³-hybridized carbons (Fsp3) is 0. The number of rotatable bonds is 6. The van der Waals surface area contributed by atoms with Crippen molar-refractivity contribution in [1.82, 2.24) is 0 Å². The Morgan fingerprint density at radius 3 is 1.58 bits per heavy atom. The number of phosphoric ester groups is 1. The molecule has 0 N–H and O–H groups in total. The molecule has 0 radical (unpaired) electrons. The molecule has 0 saturated heterocycles. The largest absolute Gasteiger partial charge is 0.647 e. The van der Waals surface area contributed by atoms with Gasteiger partial charge in [0.2, 0.25) is 0 Å². The zero-order valence-corrected chi connectivity index (χ0v) is 18.4. The highest BCUT2D eigenvalue weighted by atomic mass is 31.2. The van der Waals surface area contributed by atoms with Gasteiger partial charge in [-0.15, -0.1) is 0 Å². The van der Waals surface area contributed by atoms with Crippen LogP contribution in [0.15, 0.2) is 115 Å². The molecule has 160 valence electrons. The van der Waals surface area contributed by atoms with Crippen LogP contribution in [0.3, 0.4) is 0 Å². The Kier molecular flexibility index (Phi) is 4.67. The molecule has 5 heteroatoms. The Hall–Kier alpha value is -4.01. The number of hydrogen-bond acceptors (Lipinski definition) is 4. The van der Waals surface area contributed by atoms with Gasteiger partial charge in [0, 0.05) is 10.8 Å². The summed E-state index contributed by atoms with van der Waals surface area (Å²) in [6.07, 6.45) is 0. The molecule has 33 heavy (non-hydrogen) atoms. The lowest BCUT2D eigenvalue weighted by atomic mass is 9.94. The number of hydrogen-bond donors (Lipinski definition) is 0. The van der Waals surface area contributed by atoms with Crippen molar-refractivity contribution in [3.63, 3.8) is 0 Å². The fourth-order valence-electron chi connectivity index (χ4n) is 4.19. The average Bonchev–Trinajstić information content (AvgIpc) is 2.84. The van der Waals surface area contributed by atoms with Crippen molar-refractivity contribution in [3.05, 3.63) is 115 Å². The standard InChI is InChI=1S/C28H19O4P/c29-33(30-23-10-3-1-4-11-23,31-24-12-5-2-6-13-24)32-26-19-17-22-15-14-20-8-7-9-21-16-18-25(26)28(22)27(20)21/h1-19H. The van der Waals surface area contributed by atoms with E-state index in [0.717, 1.165) is 32.3 Å². The number of para-hydroxylation sites is 2. The molecular formula is C28H19O4P. The molecule has 0 saturated carbocycles. The normalized spacial score (nSPS) is 11.8. The molecule has 0 aromatic heterocycles. The van der Waals surface area contributed by atoms with Crippen LogP contribution in [0, 0.1) is 0 Å². The molecule has 0 spiro atoms. The second-order valence-corrected chi connectivity index (χ2v) is 9.21. The van der Waals surface area contributed by atoms with Crippen LogP contribution in [-0.4, -0.2) is 0 Å². The molecule has 0 amide bonds. The van der Waals surface area contributed by atoms with Gasteiger partial charge in [0.25, 0.3) is 0 Å². The molecule has 0 aliphatic heterocycles. The van der Waals surface area contributed by atoms with Crippen molar-refractivity contribution >= 4 is 40.1 Å². The molecule has 0 aliphatic rings. The summed E-state index contributed by atoms with van der Waals surface area (Å²) in [6, 6.07) is 36.1. The Bertz CT molecular complexity index is 1550. The Morgan fingerprint density at radius 2 is 0.970 bits per heavy atom. The van der Waals surface area contributed by atoms with Crippen molar-refractivity contribution in [2.24, 2.45) is 0 Å². The van der Waals surface area contributed by atoms with Crippen LogP contribution in [-0.2, 0) is 4.57 Å². The van der Waals surface area contributed by atoms with E-state index >= 15 is 0 Å². The second kappa shape index (κ2) is 7.84. The Balaban J connectivity index is 1.48. The van der Waals surface area contributed by atoms with Crippen LogP contribution in [0.5, 0.6) is 17.2 Å². The molecule has 0 bridgehead atoms. The predicted octanol–water partition coefficient (Wildman–Crippen LogP) is 8.23. The highest BCUT2D eigenvalue weighted by Gasteiger charge is 2.34. The molecular weight excluding hydrogens is 431 g/mol. The number of benzene rings is 6. The summed E-state index contributed by atoms with van der Waals surface area (Å²) >= 11 is 0. The highest BCUT2D eigenvalue weighted by Crippen LogP contribution is 2.51. The van der Waals surface area contributed by atoms with Gasteiger partial charge in [-0.05, 0) is 57.9 Å². The first-order valence-corrected chi connectivity index (χ1v) is 12.1. The minimum absolute atomic E-state index is 0.398. The minimum Gasteiger partial charge on any atom is -0.386 e. The SMILES string of the molecule is O=P(Oc1ccccc1)(Oc1ccccc1)Oc1ccc2ccc3cccc4ccc1c2c34. The monoisotopic (exact) mass is 450 g/mol. The van der Waals surface area contributed by atoms with Crippen LogP contribution in [0.1, 0.15) is 0 Å². The van der Waals surface area contributed by atoms with Crippen molar-refractivity contribution < 1.29 is 18.1 Å². The Morgan fingerprint density at radius 1 is 0.455 bits per heavy atom. The second-order valence-electron chi connectivity index (χ2n) is 7.77. The summed E-state index contributed by atoms with van der Waals surface area (Å²) in [4.78, 5) is 0. The molecule has 0 heterocycles. The van der Waals surface area contributed by atoms with Crippen LogP contribution in [0.2, 0.25) is 0 Å². The van der Waals surface area contributed by atoms with Gasteiger partial charge in [0.05, 0.1) is 0 Å². The summed E-state index contributed by atoms with van der Waals surface area (Å²) in [5.74, 6) is 1.24. The summed E-state index contributed by atoms with van der Waals surface area (Å²) in [5.41, 5.74) is 0. The third kappa shape index (κ3) is 3.65. The first-order valence-electron chi connectivity index (χ1n) is 10.6. The average molecular weight is 450 g/mol. The summed E-state index contributed by atoms with van der Waals surface area (Å²) in [6.45, 7) is 0. The van der Waals surface area contributed by atoms with Gasteiger partial charge >= 0.3 is 7.82 Å². The van der Waals surface area contributed by atoms with Gasteiger partial charge in [0.15, 0.2) is 0 Å². The molecule has 6 aromatic carbocycles. The lowest BCUT2D eigenvalue weighted by molar-refractivity contribution is 0.299. The maximum Gasteiger partial charge on any atom is 0.647 e. The van der Waals surface area contributed by atoms with E-state index in [1.807, 2.05) is 30.3 Å². The third-order valence-corrected chi connectivity index (χ3v) is 6.91. The van der Waals surface area contributed by atoms with E-state index in [-0.39, 0.29) is 0 Å². The predicted molar refractivity (Wildman–Crippen MR) is 133 cm³/mol. The van der Waals surface area contributed by atoms with Crippen molar-refractivity contribution in [2.45, 2.75) is 0 Å². The maximum absolute atomic E-state index is 13.9. The molecule has 0 aliphatic carbocycles. The molecule has 0 unspecified atom stereocenters. The van der Waals surface area contributed by atoms with E-state index < -0.39 is 7.82 Å². The molecule has 6 aromatic rings. The van der Waals surface area contributed by atoms with Gasteiger partial charge in [-0.25, -0.2) is 0 Å². The first-order chi connectivity index (χ1) is 16.2. The Labute approximate surface area is 190 Å². The minimum atomic E-state index is -4.08. The van der Waals surface area contributed by atoms with E-state index in [4.69, 9.17) is 13.6 Å². The third-order valence-electron chi connectivity index (χ3n) is 5.62. The highest BCUT2D eigenvalue weighted by molar-refractivity contribution is 7.49. The van der Waals surface area contributed by atoms with E-state index in [9.17, 15) is 4.57 Å². The summed E-state index contributed by atoms with van der Waals surface area (Å²) in [5, 5.41) is 6.45. The van der Waals surface area contributed by atoms with Crippen LogP contribution in [0.25, 0.3) is 32.3 Å². The van der Waals surface area contributed by atoms with E-state index in [1.54, 1.807) is 48.5 Å². The number of phosphoric acid groups is 1. The zero-order chi connectivity index (χ0) is 22.3. The van der Waals surface area contributed by atoms with Crippen LogP contribution >= 0.6 is 7.82 Å². The van der Waals surface area contributed by atoms with Gasteiger partial charge in [-0.3, -0.25) is 0 Å². The van der Waals surface area contributed by atoms with Gasteiger partial charge in [-0.2, -0.15) is 4.57 Å². The van der Waals surface area contributed by atoms with E-state index in [0.29, 0.717) is 17.2 Å². The van der Waals surface area contributed by atoms with Gasteiger partial charge in [0.1, 0.15) is 17.2 Å². The topological polar surface area (TPSA) is 44.8 Å². The smallest absolute Gasteiger partial charge is 0.386 e. The quantitative estimate of drug-likeness (QED) is 0.189. The van der Waals surface area contributed by atoms with Crippen molar-refractivity contribution in [1.29, 1.82) is 0 Å². The zero-order valence-electron chi connectivity index (χ0n) is 17.5. The lowest BCUT2D eigenvalue weighted by Crippen LogP contribution is -2.08. The van der Waals surface area contributed by atoms with E-state index in [1.165, 1.54) is 0 Å². The summed E-state index contributed by atoms with van der Waals surface area (Å²) < 4.78 is 31.6. The van der Waals surface area contributed by atoms with Gasteiger partial charge in [-0.1, -0.05) is 78.9 Å². The first kappa shape index (κ1) is 19.7. The lowest BCUT2D eigenvalue weighted by Gasteiger charge is -2.21. The van der Waals surface area contributed by atoms with Crippen LogP contribution in [0.4, 0.5) is 0 Å². The van der Waals surface area contributed by atoms with Crippen molar-refractivity contribution in [2.75, 3.05) is 0 Å². The molecule has 0 atom stereocenters.